The zero-order valence-corrected chi connectivity index (χ0v) is 14.2. The van der Waals surface area contributed by atoms with Gasteiger partial charge in [-0.05, 0) is 0 Å². The summed E-state index contributed by atoms with van der Waals surface area (Å²) in [4.78, 5) is 22.2. The first kappa shape index (κ1) is 16.6. The predicted molar refractivity (Wildman–Crippen MR) is 77.5 cm³/mol. The van der Waals surface area contributed by atoms with Crippen LogP contribution < -0.4 is 8.92 Å². The van der Waals surface area contributed by atoms with Gasteiger partial charge in [0.05, 0.1) is 0 Å². The van der Waals surface area contributed by atoms with Crippen LogP contribution in [0.25, 0.3) is 0 Å². The first-order chi connectivity index (χ1) is 10.4. The molecule has 0 saturated carbocycles. The van der Waals surface area contributed by atoms with Crippen molar-refractivity contribution >= 4 is 47.1 Å². The molecule has 0 aliphatic rings. The van der Waals surface area contributed by atoms with Gasteiger partial charge in [-0.2, -0.15) is 0 Å². The molecule has 0 saturated heterocycles. The number of aromatic carboxylic acids is 2. The third kappa shape index (κ3) is 3.93. The van der Waals surface area contributed by atoms with Crippen molar-refractivity contribution in [2.24, 2.45) is 0 Å². The first-order valence-electron chi connectivity index (χ1n) is 5.78. The van der Waals surface area contributed by atoms with Gasteiger partial charge in [-0.25, -0.2) is 0 Å². The second kappa shape index (κ2) is 7.03. The van der Waals surface area contributed by atoms with Crippen LogP contribution in [-0.2, 0) is 0 Å². The van der Waals surface area contributed by atoms with Gasteiger partial charge in [-0.3, -0.25) is 0 Å². The molecule has 8 heteroatoms. The second-order valence-electron chi connectivity index (χ2n) is 4.06. The van der Waals surface area contributed by atoms with Crippen LogP contribution in [0.2, 0.25) is 0 Å². The summed E-state index contributed by atoms with van der Waals surface area (Å²) in [6, 6.07) is 6.72. The Morgan fingerprint density at radius 2 is 1.14 bits per heavy atom. The van der Waals surface area contributed by atoms with E-state index in [4.69, 9.17) is 10.2 Å². The van der Waals surface area contributed by atoms with Crippen molar-refractivity contribution in [3.8, 4) is 0 Å². The van der Waals surface area contributed by atoms with Crippen LogP contribution in [-0.4, -0.2) is 48.4 Å². The van der Waals surface area contributed by atoms with E-state index in [9.17, 15) is 18.4 Å². The van der Waals surface area contributed by atoms with Gasteiger partial charge in [0.1, 0.15) is 0 Å². The standard InChI is InChI=1S/C14H8F2O4Se2/c15-7-1-3-9(13(17)18)11(5-7)21-22-12-6-8(16)2-4-10(12)14(19)20/h1-6H,(H,17,18)(H,19,20). The predicted octanol–water partition coefficient (Wildman–Crippen LogP) is 0.635. The van der Waals surface area contributed by atoms with E-state index in [1.807, 2.05) is 0 Å². The number of hydrogen-bond acceptors (Lipinski definition) is 2. The number of benzene rings is 2. The maximum atomic E-state index is 13.3. The molecule has 2 aromatic carbocycles. The molecule has 2 rings (SSSR count). The number of halogens is 2. The van der Waals surface area contributed by atoms with E-state index < -0.39 is 49.8 Å². The van der Waals surface area contributed by atoms with Crippen molar-refractivity contribution in [3.63, 3.8) is 0 Å². The van der Waals surface area contributed by atoms with Gasteiger partial charge in [-0.15, -0.1) is 0 Å². The molecular formula is C14H8F2O4Se2. The molecule has 0 fully saturated rings. The molecule has 114 valence electrons. The maximum absolute atomic E-state index is 13.3. The van der Waals surface area contributed by atoms with Crippen LogP contribution in [0.15, 0.2) is 36.4 Å². The van der Waals surface area contributed by atoms with Crippen LogP contribution >= 0.6 is 0 Å². The summed E-state index contributed by atoms with van der Waals surface area (Å²) in [7, 11) is 0. The number of carbonyl (C=O) groups is 2. The summed E-state index contributed by atoms with van der Waals surface area (Å²) in [6.07, 6.45) is 0. The molecule has 0 amide bonds. The van der Waals surface area contributed by atoms with E-state index in [0.29, 0.717) is 8.92 Å². The first-order valence-corrected chi connectivity index (χ1v) is 11.8. The molecule has 0 atom stereocenters. The molecular weight excluding hydrogens is 428 g/mol. The normalized spacial score (nSPS) is 10.5. The van der Waals surface area contributed by atoms with Crippen LogP contribution in [0.3, 0.4) is 0 Å². The summed E-state index contributed by atoms with van der Waals surface area (Å²) in [5, 5.41) is 18.2. The summed E-state index contributed by atoms with van der Waals surface area (Å²) in [6.45, 7) is 0. The van der Waals surface area contributed by atoms with E-state index in [1.165, 1.54) is 12.1 Å². The third-order valence-corrected chi connectivity index (χ3v) is 9.74. The fourth-order valence-corrected chi connectivity index (χ4v) is 8.62. The van der Waals surface area contributed by atoms with E-state index in [1.54, 1.807) is 0 Å². The fraction of sp³-hybridized carbons (Fsp3) is 0. The average Bonchev–Trinajstić information content (AvgIpc) is 2.44. The Kier molecular flexibility index (Phi) is 5.32. The summed E-state index contributed by atoms with van der Waals surface area (Å²) in [5.74, 6) is -3.47. The van der Waals surface area contributed by atoms with Crippen LogP contribution in [0, 0.1) is 11.6 Å². The van der Waals surface area contributed by atoms with Crippen molar-refractivity contribution in [2.45, 2.75) is 0 Å². The monoisotopic (exact) mass is 438 g/mol. The van der Waals surface area contributed by atoms with Crippen molar-refractivity contribution in [1.82, 2.24) is 0 Å². The quantitative estimate of drug-likeness (QED) is 0.675. The van der Waals surface area contributed by atoms with Gasteiger partial charge in [0.15, 0.2) is 0 Å². The fourth-order valence-electron chi connectivity index (χ4n) is 1.57. The van der Waals surface area contributed by atoms with Gasteiger partial charge >= 0.3 is 135 Å². The van der Waals surface area contributed by atoms with Crippen LogP contribution in [0.5, 0.6) is 0 Å². The Hall–Kier alpha value is -1.72. The molecule has 0 heterocycles. The zero-order chi connectivity index (χ0) is 16.3. The molecule has 0 unspecified atom stereocenters. The zero-order valence-electron chi connectivity index (χ0n) is 10.7. The van der Waals surface area contributed by atoms with Gasteiger partial charge in [0, 0.05) is 0 Å². The molecule has 0 aliphatic heterocycles. The minimum absolute atomic E-state index is 0.0171. The summed E-state index contributed by atoms with van der Waals surface area (Å²) < 4.78 is 27.2. The average molecular weight is 436 g/mol. The molecule has 0 aromatic heterocycles. The van der Waals surface area contributed by atoms with Crippen molar-refractivity contribution in [1.29, 1.82) is 0 Å². The number of carboxylic acid groups (broad SMARTS) is 2. The van der Waals surface area contributed by atoms with E-state index in [2.05, 4.69) is 0 Å². The Labute approximate surface area is 135 Å². The van der Waals surface area contributed by atoms with Crippen molar-refractivity contribution in [2.75, 3.05) is 0 Å². The van der Waals surface area contributed by atoms with Gasteiger partial charge in [0.2, 0.25) is 0 Å². The SMILES string of the molecule is O=C(O)c1ccc(F)cc1[Se][Se]c1cc(F)ccc1C(=O)O. The molecule has 0 bridgehead atoms. The molecule has 4 nitrogen and oxygen atoms in total. The van der Waals surface area contributed by atoms with Gasteiger partial charge in [-0.1, -0.05) is 0 Å². The molecule has 2 N–H and O–H groups in total. The van der Waals surface area contributed by atoms with Crippen molar-refractivity contribution < 1.29 is 28.6 Å². The Balaban J connectivity index is 2.31. The Morgan fingerprint density at radius 1 is 0.773 bits per heavy atom. The molecule has 22 heavy (non-hydrogen) atoms. The number of rotatable bonds is 5. The molecule has 0 radical (unpaired) electrons. The van der Waals surface area contributed by atoms with Crippen molar-refractivity contribution in [3.05, 3.63) is 59.2 Å². The molecule has 2 aromatic rings. The van der Waals surface area contributed by atoms with Gasteiger partial charge in [0.25, 0.3) is 0 Å². The van der Waals surface area contributed by atoms with Crippen LogP contribution in [0.4, 0.5) is 8.78 Å². The van der Waals surface area contributed by atoms with E-state index in [-0.39, 0.29) is 11.1 Å². The second-order valence-corrected chi connectivity index (χ2v) is 10.2. The Morgan fingerprint density at radius 3 is 1.45 bits per heavy atom. The van der Waals surface area contributed by atoms with Crippen LogP contribution in [0.1, 0.15) is 20.7 Å². The van der Waals surface area contributed by atoms with E-state index >= 15 is 0 Å². The summed E-state index contributed by atoms with van der Waals surface area (Å²) >= 11 is -0.971. The third-order valence-electron chi connectivity index (χ3n) is 2.57. The Bertz CT molecular complexity index is 686. The molecule has 0 aliphatic carbocycles. The number of hydrogen-bond donors (Lipinski definition) is 2. The number of carboxylic acids is 2. The van der Waals surface area contributed by atoms with Gasteiger partial charge < -0.3 is 0 Å². The molecule has 0 spiro atoms. The topological polar surface area (TPSA) is 74.6 Å². The minimum atomic E-state index is -1.18. The summed E-state index contributed by atoms with van der Waals surface area (Å²) in [5.41, 5.74) is -0.0342. The van der Waals surface area contributed by atoms with E-state index in [0.717, 1.165) is 24.3 Å².